The van der Waals surface area contributed by atoms with Crippen LogP contribution in [0.4, 0.5) is 0 Å². The van der Waals surface area contributed by atoms with E-state index in [1.165, 1.54) is 0 Å². The van der Waals surface area contributed by atoms with Gasteiger partial charge in [0.1, 0.15) is 6.29 Å². The number of nitrogens with zero attached hydrogens (tertiary/aromatic N) is 1. The molecule has 4 atom stereocenters. The Kier molecular flexibility index (Phi) is 8.73. The van der Waals surface area contributed by atoms with Crippen LogP contribution in [0, 0.1) is 5.92 Å². The summed E-state index contributed by atoms with van der Waals surface area (Å²) < 4.78 is 0. The summed E-state index contributed by atoms with van der Waals surface area (Å²) in [5, 5.41) is 1.31. The second kappa shape index (κ2) is 10.8. The predicted molar refractivity (Wildman–Crippen MR) is 121 cm³/mol. The average Bonchev–Trinajstić information content (AvgIpc) is 2.69. The fourth-order valence-corrected chi connectivity index (χ4v) is 4.40. The van der Waals surface area contributed by atoms with Crippen LogP contribution in [-0.2, 0) is 9.59 Å². The van der Waals surface area contributed by atoms with Crippen LogP contribution in [0.1, 0.15) is 51.5 Å². The van der Waals surface area contributed by atoms with E-state index in [0.29, 0.717) is 29.3 Å². The molecule has 29 heavy (non-hydrogen) atoms. The van der Waals surface area contributed by atoms with Crippen LogP contribution in [-0.4, -0.2) is 29.2 Å². The molecule has 0 spiro atoms. The molecule has 2 rings (SSSR count). The molecule has 0 radical (unpaired) electrons. The number of amides is 1. The molecule has 1 aromatic rings. The summed E-state index contributed by atoms with van der Waals surface area (Å²) in [6.07, 6.45) is 8.25. The second-order valence-electron chi connectivity index (χ2n) is 7.58. The lowest BCUT2D eigenvalue weighted by molar-refractivity contribution is -0.147. The molecule has 1 heterocycles. The van der Waals surface area contributed by atoms with Gasteiger partial charge in [0.15, 0.2) is 0 Å². The van der Waals surface area contributed by atoms with Crippen molar-refractivity contribution in [1.82, 2.24) is 4.90 Å². The molecule has 1 aliphatic rings. The van der Waals surface area contributed by atoms with Crippen LogP contribution in [0.25, 0.3) is 0 Å². The largest absolute Gasteiger partial charge is 0.325 e. The molecule has 5 heteroatoms. The number of piperidine rings is 1. The van der Waals surface area contributed by atoms with E-state index >= 15 is 0 Å². The number of carbonyl (C=O) groups is 2. The summed E-state index contributed by atoms with van der Waals surface area (Å²) in [5.41, 5.74) is 2.05. The van der Waals surface area contributed by atoms with Crippen molar-refractivity contribution in [1.29, 1.82) is 0 Å². The number of hydrogen-bond donors (Lipinski definition) is 0. The lowest BCUT2D eigenvalue weighted by Crippen LogP contribution is -2.56. The van der Waals surface area contributed by atoms with Crippen molar-refractivity contribution in [3.8, 4) is 0 Å². The minimum atomic E-state index is -0.480. The highest BCUT2D eigenvalue weighted by Crippen LogP contribution is 2.42. The van der Waals surface area contributed by atoms with E-state index in [4.69, 9.17) is 23.2 Å². The first kappa shape index (κ1) is 23.4. The van der Waals surface area contributed by atoms with Gasteiger partial charge >= 0.3 is 0 Å². The summed E-state index contributed by atoms with van der Waals surface area (Å²) in [7, 11) is 0. The zero-order valence-corrected chi connectivity index (χ0v) is 18.8. The number of halogens is 2. The number of allylic oxidation sites excluding steroid dienone is 4. The number of likely N-dealkylation sites (tertiary alicyclic amines) is 1. The molecule has 0 N–H and O–H groups in total. The van der Waals surface area contributed by atoms with Crippen molar-refractivity contribution >= 4 is 35.4 Å². The number of aldehydes is 1. The van der Waals surface area contributed by atoms with Gasteiger partial charge in [0.2, 0.25) is 5.91 Å². The van der Waals surface area contributed by atoms with Crippen molar-refractivity contribution in [3.05, 3.63) is 70.3 Å². The Hall–Kier alpha value is -1.84. The molecule has 1 aromatic carbocycles. The molecular weight excluding hydrogens is 405 g/mol. The van der Waals surface area contributed by atoms with Gasteiger partial charge in [-0.2, -0.15) is 0 Å². The average molecular weight is 434 g/mol. The van der Waals surface area contributed by atoms with Crippen LogP contribution in [0.3, 0.4) is 0 Å². The minimum Gasteiger partial charge on any atom is -0.325 e. The summed E-state index contributed by atoms with van der Waals surface area (Å²) in [6.45, 7) is 9.55. The predicted octanol–water partition coefficient (Wildman–Crippen LogP) is 6.28. The van der Waals surface area contributed by atoms with Crippen molar-refractivity contribution in [2.75, 3.05) is 0 Å². The van der Waals surface area contributed by atoms with E-state index in [1.807, 2.05) is 57.2 Å². The maximum Gasteiger partial charge on any atom is 0.227 e. The second-order valence-corrected chi connectivity index (χ2v) is 8.62. The number of rotatable bonds is 8. The summed E-state index contributed by atoms with van der Waals surface area (Å²) in [5.74, 6) is -0.183. The third-order valence-electron chi connectivity index (χ3n) is 5.53. The molecule has 156 valence electrons. The topological polar surface area (TPSA) is 37.4 Å². The Morgan fingerprint density at radius 3 is 2.62 bits per heavy atom. The molecule has 0 saturated carbocycles. The maximum atomic E-state index is 13.4. The molecule has 3 nitrogen and oxygen atoms in total. The van der Waals surface area contributed by atoms with Crippen LogP contribution in [0.5, 0.6) is 0 Å². The van der Waals surface area contributed by atoms with Gasteiger partial charge in [0.05, 0.1) is 12.1 Å². The first-order valence-electron chi connectivity index (χ1n) is 9.98. The smallest absolute Gasteiger partial charge is 0.227 e. The zero-order chi connectivity index (χ0) is 21.6. The first-order valence-corrected chi connectivity index (χ1v) is 10.7. The first-order chi connectivity index (χ1) is 13.8. The van der Waals surface area contributed by atoms with Gasteiger partial charge in [-0.3, -0.25) is 4.79 Å². The monoisotopic (exact) mass is 433 g/mol. The van der Waals surface area contributed by atoms with E-state index in [1.54, 1.807) is 11.0 Å². The van der Waals surface area contributed by atoms with Crippen LogP contribution < -0.4 is 0 Å². The van der Waals surface area contributed by atoms with Gasteiger partial charge in [-0.25, -0.2) is 0 Å². The minimum absolute atomic E-state index is 0.00598. The molecule has 1 aliphatic heterocycles. The van der Waals surface area contributed by atoms with Gasteiger partial charge in [-0.05, 0) is 56.9 Å². The zero-order valence-electron chi connectivity index (χ0n) is 17.3. The molecule has 0 aromatic heterocycles. The number of benzene rings is 1. The molecule has 1 saturated heterocycles. The number of hydrogen-bond acceptors (Lipinski definition) is 2. The molecular formula is C24H29Cl2NO2. The quantitative estimate of drug-likeness (QED) is 0.274. The molecule has 3 unspecified atom stereocenters. The van der Waals surface area contributed by atoms with Crippen molar-refractivity contribution < 1.29 is 9.59 Å². The van der Waals surface area contributed by atoms with Gasteiger partial charge in [0.25, 0.3) is 0 Å². The Morgan fingerprint density at radius 2 is 2.07 bits per heavy atom. The molecule has 0 aliphatic carbocycles. The van der Waals surface area contributed by atoms with Crippen LogP contribution in [0.15, 0.2) is 59.7 Å². The molecule has 0 bridgehead atoms. The van der Waals surface area contributed by atoms with Gasteiger partial charge in [-0.15, -0.1) is 6.58 Å². The van der Waals surface area contributed by atoms with Crippen molar-refractivity contribution in [3.63, 3.8) is 0 Å². The van der Waals surface area contributed by atoms with Crippen LogP contribution in [0.2, 0.25) is 5.02 Å². The Balaban J connectivity index is 2.65. The fraction of sp³-hybridized carbons (Fsp3) is 0.417. The van der Waals surface area contributed by atoms with E-state index in [-0.39, 0.29) is 23.8 Å². The van der Waals surface area contributed by atoms with Crippen molar-refractivity contribution in [2.24, 2.45) is 5.92 Å². The van der Waals surface area contributed by atoms with E-state index in [0.717, 1.165) is 17.4 Å². The van der Waals surface area contributed by atoms with Gasteiger partial charge in [-0.1, -0.05) is 60.0 Å². The Bertz CT molecular complexity index is 811. The third kappa shape index (κ3) is 5.61. The maximum absolute atomic E-state index is 13.4. The SMILES string of the molecule is C=CC[C@@H]1CC(c2cccc(Cl)c2)C(/C(C)=C/C=C(\C)Cl)N(C(C=O)CC)C1=O. The van der Waals surface area contributed by atoms with Gasteiger partial charge in [0, 0.05) is 21.9 Å². The Morgan fingerprint density at radius 1 is 1.34 bits per heavy atom. The molecule has 1 fully saturated rings. The normalized spacial score (nSPS) is 24.4. The lowest BCUT2D eigenvalue weighted by Gasteiger charge is -2.47. The van der Waals surface area contributed by atoms with E-state index < -0.39 is 6.04 Å². The van der Waals surface area contributed by atoms with E-state index in [2.05, 4.69) is 6.58 Å². The highest BCUT2D eigenvalue weighted by molar-refractivity contribution is 6.30. The fourth-order valence-electron chi connectivity index (χ4n) is 4.14. The standard InChI is InChI=1S/C24H29Cl2NO2/c1-5-8-19-14-22(18-9-7-10-20(26)13-18)23(16(3)11-12-17(4)25)27(24(19)29)21(6-2)15-28/h5,7,9-13,15,19,21-23H,1,6,8,14H2,2-4H3/b16-11+,17-12+/t19-,21?,22?,23?/m1/s1. The van der Waals surface area contributed by atoms with E-state index in [9.17, 15) is 9.59 Å². The lowest BCUT2D eigenvalue weighted by atomic mass is 9.74. The summed E-state index contributed by atoms with van der Waals surface area (Å²) in [6, 6.07) is 7.04. The van der Waals surface area contributed by atoms with Crippen molar-refractivity contribution in [2.45, 2.75) is 58.0 Å². The Labute approximate surface area is 184 Å². The highest BCUT2D eigenvalue weighted by Gasteiger charge is 2.44. The highest BCUT2D eigenvalue weighted by atomic mass is 35.5. The summed E-state index contributed by atoms with van der Waals surface area (Å²) in [4.78, 5) is 27.1. The molecule has 1 amide bonds. The third-order valence-corrected chi connectivity index (χ3v) is 5.89. The van der Waals surface area contributed by atoms with Gasteiger partial charge < -0.3 is 9.69 Å². The van der Waals surface area contributed by atoms with Crippen LogP contribution >= 0.6 is 23.2 Å². The summed E-state index contributed by atoms with van der Waals surface area (Å²) >= 11 is 12.3. The number of carbonyl (C=O) groups excluding carboxylic acids is 2.